The molecule has 1 saturated heterocycles. The summed E-state index contributed by atoms with van der Waals surface area (Å²) in [5.74, 6) is 0.444. The first kappa shape index (κ1) is 11.7. The molecule has 2 nitrogen and oxygen atoms in total. The number of rotatable bonds is 6. The van der Waals surface area contributed by atoms with E-state index in [1.807, 2.05) is 6.92 Å². The van der Waals surface area contributed by atoms with Crippen molar-refractivity contribution in [1.29, 1.82) is 0 Å². The number of carbonyl (C=O) groups excluding carboxylic acids is 1. The highest BCUT2D eigenvalue weighted by molar-refractivity contribution is 5.83. The van der Waals surface area contributed by atoms with Crippen LogP contribution in [-0.2, 0) is 4.79 Å². The molecule has 1 fully saturated rings. The third-order valence-electron chi connectivity index (χ3n) is 3.13. The molecular weight excluding hydrogens is 174 g/mol. The molecule has 14 heavy (non-hydrogen) atoms. The molecule has 1 heterocycles. The molecule has 0 N–H and O–H groups in total. The van der Waals surface area contributed by atoms with Crippen LogP contribution in [0.4, 0.5) is 0 Å². The van der Waals surface area contributed by atoms with Gasteiger partial charge in [-0.2, -0.15) is 0 Å². The maximum absolute atomic E-state index is 11.6. The number of likely N-dealkylation sites (tertiary alicyclic amines) is 1. The van der Waals surface area contributed by atoms with Crippen LogP contribution in [0.1, 0.15) is 52.4 Å². The Morgan fingerprint density at radius 3 is 2.79 bits per heavy atom. The molecule has 1 aliphatic rings. The fourth-order valence-electron chi connectivity index (χ4n) is 2.26. The number of nitrogens with zero attached hydrogens (tertiary/aromatic N) is 1. The van der Waals surface area contributed by atoms with Crippen LogP contribution in [0.5, 0.6) is 0 Å². The number of hydrogen-bond donors (Lipinski definition) is 0. The van der Waals surface area contributed by atoms with E-state index in [1.54, 1.807) is 0 Å². The van der Waals surface area contributed by atoms with Gasteiger partial charge in [-0.1, -0.05) is 26.7 Å². The highest BCUT2D eigenvalue weighted by atomic mass is 16.1. The van der Waals surface area contributed by atoms with Gasteiger partial charge in [0.2, 0.25) is 0 Å². The van der Waals surface area contributed by atoms with E-state index in [2.05, 4.69) is 11.8 Å². The molecule has 82 valence electrons. The number of ketones is 1. The Hall–Kier alpha value is -0.370. The third-order valence-corrected chi connectivity index (χ3v) is 3.13. The molecular formula is C12H23NO. The minimum Gasteiger partial charge on any atom is -0.298 e. The lowest BCUT2D eigenvalue weighted by atomic mass is 10.1. The number of hydrogen-bond acceptors (Lipinski definition) is 2. The van der Waals surface area contributed by atoms with Gasteiger partial charge in [-0.15, -0.1) is 0 Å². The Kier molecular flexibility index (Phi) is 5.16. The van der Waals surface area contributed by atoms with Crippen molar-refractivity contribution in [2.24, 2.45) is 0 Å². The first-order valence-corrected chi connectivity index (χ1v) is 6.06. The van der Waals surface area contributed by atoms with E-state index in [4.69, 9.17) is 0 Å². The zero-order valence-electron chi connectivity index (χ0n) is 9.59. The van der Waals surface area contributed by atoms with Gasteiger partial charge in [-0.05, 0) is 32.4 Å². The first-order chi connectivity index (χ1) is 6.79. The van der Waals surface area contributed by atoms with Crippen molar-refractivity contribution in [2.45, 2.75) is 58.4 Å². The highest BCUT2D eigenvalue weighted by Crippen LogP contribution is 2.19. The summed E-state index contributed by atoms with van der Waals surface area (Å²) in [6.07, 6.45) is 6.82. The molecule has 0 bridgehead atoms. The van der Waals surface area contributed by atoms with Crippen LogP contribution in [0.2, 0.25) is 0 Å². The normalized spacial score (nSPS) is 22.9. The molecule has 0 aromatic heterocycles. The van der Waals surface area contributed by atoms with Crippen molar-refractivity contribution < 1.29 is 4.79 Å². The molecule has 0 aliphatic carbocycles. The Morgan fingerprint density at radius 1 is 1.36 bits per heavy atom. The van der Waals surface area contributed by atoms with Crippen LogP contribution in [0.3, 0.4) is 0 Å². The van der Waals surface area contributed by atoms with Gasteiger partial charge in [0.05, 0.1) is 6.04 Å². The van der Waals surface area contributed by atoms with Gasteiger partial charge in [0.25, 0.3) is 0 Å². The van der Waals surface area contributed by atoms with Crippen LogP contribution in [0.25, 0.3) is 0 Å². The monoisotopic (exact) mass is 197 g/mol. The van der Waals surface area contributed by atoms with E-state index in [9.17, 15) is 4.79 Å². The van der Waals surface area contributed by atoms with E-state index >= 15 is 0 Å². The van der Waals surface area contributed by atoms with Crippen molar-refractivity contribution >= 4 is 5.78 Å². The van der Waals surface area contributed by atoms with Gasteiger partial charge in [0, 0.05) is 6.42 Å². The van der Waals surface area contributed by atoms with Crippen LogP contribution in [0.15, 0.2) is 0 Å². The average molecular weight is 197 g/mol. The average Bonchev–Trinajstić information content (AvgIpc) is 2.65. The van der Waals surface area contributed by atoms with Gasteiger partial charge < -0.3 is 0 Å². The van der Waals surface area contributed by atoms with E-state index < -0.39 is 0 Å². The molecule has 1 atom stereocenters. The summed E-state index contributed by atoms with van der Waals surface area (Å²) >= 11 is 0. The van der Waals surface area contributed by atoms with E-state index in [0.29, 0.717) is 12.2 Å². The summed E-state index contributed by atoms with van der Waals surface area (Å²) < 4.78 is 0. The van der Waals surface area contributed by atoms with Gasteiger partial charge in [-0.3, -0.25) is 9.69 Å². The van der Waals surface area contributed by atoms with Gasteiger partial charge >= 0.3 is 0 Å². The number of Topliss-reactive ketones (excluding diaryl/α,β-unsaturated/α-hetero) is 1. The lowest BCUT2D eigenvalue weighted by Crippen LogP contribution is -2.36. The molecule has 0 saturated carbocycles. The fraction of sp³-hybridized carbons (Fsp3) is 0.917. The molecule has 0 radical (unpaired) electrons. The summed E-state index contributed by atoms with van der Waals surface area (Å²) in [7, 11) is 0. The maximum Gasteiger partial charge on any atom is 0.149 e. The smallest absolute Gasteiger partial charge is 0.149 e. The standard InChI is InChI=1S/C12H23NO/c1-3-5-6-9-13-10-7-8-11(13)12(14)4-2/h11H,3-10H2,1-2H3. The van der Waals surface area contributed by atoms with E-state index in [-0.39, 0.29) is 6.04 Å². The Balaban J connectivity index is 2.31. The Labute approximate surface area is 87.7 Å². The molecule has 0 spiro atoms. The van der Waals surface area contributed by atoms with E-state index in [1.165, 1.54) is 25.7 Å². The van der Waals surface area contributed by atoms with Crippen LogP contribution >= 0.6 is 0 Å². The van der Waals surface area contributed by atoms with Crippen molar-refractivity contribution in [2.75, 3.05) is 13.1 Å². The van der Waals surface area contributed by atoms with Crippen molar-refractivity contribution in [3.05, 3.63) is 0 Å². The summed E-state index contributed by atoms with van der Waals surface area (Å²) in [6.45, 7) is 6.47. The highest BCUT2D eigenvalue weighted by Gasteiger charge is 2.28. The summed E-state index contributed by atoms with van der Waals surface area (Å²) in [5.41, 5.74) is 0. The second-order valence-electron chi connectivity index (χ2n) is 4.22. The molecule has 2 heteroatoms. The molecule has 0 amide bonds. The van der Waals surface area contributed by atoms with Crippen LogP contribution in [-0.4, -0.2) is 29.8 Å². The predicted molar refractivity (Wildman–Crippen MR) is 59.4 cm³/mol. The van der Waals surface area contributed by atoms with Crippen molar-refractivity contribution in [3.63, 3.8) is 0 Å². The third kappa shape index (κ3) is 3.09. The minimum absolute atomic E-state index is 0.261. The summed E-state index contributed by atoms with van der Waals surface area (Å²) in [5, 5.41) is 0. The van der Waals surface area contributed by atoms with Crippen molar-refractivity contribution in [1.82, 2.24) is 4.90 Å². The SMILES string of the molecule is CCCCCN1CCCC1C(=O)CC. The van der Waals surface area contributed by atoms with Crippen molar-refractivity contribution in [3.8, 4) is 0 Å². The minimum atomic E-state index is 0.261. The summed E-state index contributed by atoms with van der Waals surface area (Å²) in [6, 6.07) is 0.261. The molecule has 1 rings (SSSR count). The Bertz CT molecular complexity index is 179. The maximum atomic E-state index is 11.6. The zero-order valence-corrected chi connectivity index (χ0v) is 9.59. The lowest BCUT2D eigenvalue weighted by molar-refractivity contribution is -0.123. The van der Waals surface area contributed by atoms with Gasteiger partial charge in [0.1, 0.15) is 5.78 Å². The second-order valence-corrected chi connectivity index (χ2v) is 4.22. The Morgan fingerprint density at radius 2 is 2.14 bits per heavy atom. The molecule has 1 unspecified atom stereocenters. The number of unbranched alkanes of at least 4 members (excludes halogenated alkanes) is 2. The molecule has 0 aromatic rings. The lowest BCUT2D eigenvalue weighted by Gasteiger charge is -2.22. The van der Waals surface area contributed by atoms with E-state index in [0.717, 1.165) is 19.5 Å². The summed E-state index contributed by atoms with van der Waals surface area (Å²) in [4.78, 5) is 14.0. The first-order valence-electron chi connectivity index (χ1n) is 6.06. The molecule has 1 aliphatic heterocycles. The van der Waals surface area contributed by atoms with Crippen LogP contribution < -0.4 is 0 Å². The number of carbonyl (C=O) groups is 1. The topological polar surface area (TPSA) is 20.3 Å². The van der Waals surface area contributed by atoms with Gasteiger partial charge in [-0.25, -0.2) is 0 Å². The quantitative estimate of drug-likeness (QED) is 0.610. The van der Waals surface area contributed by atoms with Gasteiger partial charge in [0.15, 0.2) is 0 Å². The zero-order chi connectivity index (χ0) is 10.4. The molecule has 0 aromatic carbocycles. The van der Waals surface area contributed by atoms with Crippen LogP contribution in [0, 0.1) is 0 Å². The second kappa shape index (κ2) is 6.18. The largest absolute Gasteiger partial charge is 0.298 e. The fourth-order valence-corrected chi connectivity index (χ4v) is 2.26. The predicted octanol–water partition coefficient (Wildman–Crippen LogP) is 2.62.